The van der Waals surface area contributed by atoms with Crippen LogP contribution in [-0.4, -0.2) is 28.6 Å². The Morgan fingerprint density at radius 2 is 2.00 bits per heavy atom. The third kappa shape index (κ3) is 3.91. The predicted molar refractivity (Wildman–Crippen MR) is 109 cm³/mol. The summed E-state index contributed by atoms with van der Waals surface area (Å²) in [6, 6.07) is 3.84. The lowest BCUT2D eigenvalue weighted by atomic mass is 9.48. The molecule has 0 aromatic heterocycles. The summed E-state index contributed by atoms with van der Waals surface area (Å²) in [4.78, 5) is 16.8. The predicted octanol–water partition coefficient (Wildman–Crippen LogP) is 4.01. The highest BCUT2D eigenvalue weighted by atomic mass is 19.2. The third-order valence-corrected chi connectivity index (χ3v) is 7.32. The van der Waals surface area contributed by atoms with Gasteiger partial charge in [-0.25, -0.2) is 8.78 Å². The zero-order valence-corrected chi connectivity index (χ0v) is 17.7. The molecule has 4 aliphatic carbocycles. The van der Waals surface area contributed by atoms with Crippen LogP contribution >= 0.6 is 0 Å². The second-order valence-electron chi connectivity index (χ2n) is 9.77. The second-order valence-corrected chi connectivity index (χ2v) is 9.77. The Balaban J connectivity index is 1.55. The summed E-state index contributed by atoms with van der Waals surface area (Å²) in [7, 11) is 0. The zero-order valence-electron chi connectivity index (χ0n) is 17.7. The number of aliphatic carboxylic acids is 1. The molecule has 6 nitrogen and oxygen atoms in total. The van der Waals surface area contributed by atoms with Crippen LogP contribution in [0, 0.1) is 46.3 Å². The lowest BCUT2D eigenvalue weighted by molar-refractivity contribution is -0.166. The van der Waals surface area contributed by atoms with Gasteiger partial charge in [0.25, 0.3) is 0 Å². The number of amidine groups is 1. The van der Waals surface area contributed by atoms with Crippen molar-refractivity contribution < 1.29 is 23.4 Å². The molecule has 4 bridgehead atoms. The number of nitriles is 1. The van der Waals surface area contributed by atoms with Crippen molar-refractivity contribution in [1.82, 2.24) is 5.32 Å². The number of hydrogen-bond acceptors (Lipinski definition) is 4. The average molecular weight is 431 g/mol. The number of carbonyl (C=O) groups is 1. The van der Waals surface area contributed by atoms with Crippen LogP contribution in [-0.2, 0) is 16.1 Å². The van der Waals surface area contributed by atoms with E-state index < -0.39 is 28.6 Å². The fourth-order valence-electron chi connectivity index (χ4n) is 6.00. The standard InChI is InChI=1S/C23H27F2N3O3/c1-22(2,31-11-14-4-3-5-17(24)18(14)25)20(27-12-26)28-19-15-6-13-7-16(19)10-23(8-13,9-15)21(29)30/h3-5,13,15-16,19H,6-11H2,1-2H3,(H,27,28)(H,29,30). The first-order chi connectivity index (χ1) is 14.6. The quantitative estimate of drug-likeness (QED) is 0.307. The monoisotopic (exact) mass is 431 g/mol. The largest absolute Gasteiger partial charge is 0.481 e. The maximum Gasteiger partial charge on any atom is 0.309 e. The Morgan fingerprint density at radius 1 is 1.32 bits per heavy atom. The van der Waals surface area contributed by atoms with Crippen molar-refractivity contribution >= 4 is 11.8 Å². The van der Waals surface area contributed by atoms with Crippen LogP contribution in [0.2, 0.25) is 0 Å². The molecule has 1 aromatic carbocycles. The summed E-state index contributed by atoms with van der Waals surface area (Å²) < 4.78 is 33.4. The highest BCUT2D eigenvalue weighted by Crippen LogP contribution is 2.61. The van der Waals surface area contributed by atoms with E-state index in [1.165, 1.54) is 12.1 Å². The Morgan fingerprint density at radius 3 is 2.61 bits per heavy atom. The molecule has 0 amide bonds. The van der Waals surface area contributed by atoms with Crippen LogP contribution < -0.4 is 5.32 Å². The maximum atomic E-state index is 14.0. The second kappa shape index (κ2) is 7.86. The first kappa shape index (κ1) is 21.7. The molecule has 1 aromatic rings. The lowest BCUT2D eigenvalue weighted by Gasteiger charge is -2.57. The Labute approximate surface area is 180 Å². The van der Waals surface area contributed by atoms with E-state index in [9.17, 15) is 23.9 Å². The van der Waals surface area contributed by atoms with Crippen LogP contribution in [0.15, 0.2) is 23.2 Å². The van der Waals surface area contributed by atoms with Gasteiger partial charge >= 0.3 is 5.97 Å². The van der Waals surface area contributed by atoms with Crippen molar-refractivity contribution in [3.8, 4) is 6.19 Å². The molecule has 0 heterocycles. The fourth-order valence-corrected chi connectivity index (χ4v) is 6.00. The molecule has 31 heavy (non-hydrogen) atoms. The summed E-state index contributed by atoms with van der Waals surface area (Å²) in [5.41, 5.74) is -1.60. The van der Waals surface area contributed by atoms with Gasteiger partial charge < -0.3 is 9.84 Å². The summed E-state index contributed by atoms with van der Waals surface area (Å²) in [5.74, 6) is -1.52. The number of rotatable bonds is 6. The van der Waals surface area contributed by atoms with E-state index in [1.54, 1.807) is 13.8 Å². The van der Waals surface area contributed by atoms with E-state index in [2.05, 4.69) is 5.32 Å². The van der Waals surface area contributed by atoms with Crippen LogP contribution in [0.25, 0.3) is 0 Å². The molecule has 8 heteroatoms. The lowest BCUT2D eigenvalue weighted by Crippen LogP contribution is -2.56. The van der Waals surface area contributed by atoms with Gasteiger partial charge in [-0.3, -0.25) is 15.1 Å². The number of benzene rings is 1. The van der Waals surface area contributed by atoms with Gasteiger partial charge in [0.1, 0.15) is 11.4 Å². The highest BCUT2D eigenvalue weighted by molar-refractivity contribution is 5.91. The van der Waals surface area contributed by atoms with Crippen LogP contribution in [0.5, 0.6) is 0 Å². The first-order valence-electron chi connectivity index (χ1n) is 10.7. The molecule has 2 N–H and O–H groups in total. The van der Waals surface area contributed by atoms with Crippen molar-refractivity contribution in [3.05, 3.63) is 35.4 Å². The molecule has 4 fully saturated rings. The molecule has 166 valence electrons. The van der Waals surface area contributed by atoms with Crippen molar-refractivity contribution in [1.29, 1.82) is 5.26 Å². The minimum absolute atomic E-state index is 0.0753. The summed E-state index contributed by atoms with van der Waals surface area (Å²) >= 11 is 0. The van der Waals surface area contributed by atoms with E-state index in [0.717, 1.165) is 25.3 Å². The minimum Gasteiger partial charge on any atom is -0.481 e. The molecule has 0 spiro atoms. The van der Waals surface area contributed by atoms with Crippen LogP contribution in [0.1, 0.15) is 51.5 Å². The number of carboxylic acid groups (broad SMARTS) is 1. The minimum atomic E-state index is -1.05. The maximum absolute atomic E-state index is 14.0. The Bertz CT molecular complexity index is 940. The van der Waals surface area contributed by atoms with Gasteiger partial charge in [0, 0.05) is 5.56 Å². The van der Waals surface area contributed by atoms with E-state index in [1.807, 2.05) is 6.19 Å². The van der Waals surface area contributed by atoms with Crippen LogP contribution in [0.3, 0.4) is 0 Å². The normalized spacial score (nSPS) is 32.0. The van der Waals surface area contributed by atoms with Gasteiger partial charge in [-0.05, 0) is 69.8 Å². The molecule has 0 radical (unpaired) electrons. The van der Waals surface area contributed by atoms with Crippen molar-refractivity contribution in [2.24, 2.45) is 28.2 Å². The molecule has 0 aliphatic heterocycles. The molecule has 2 unspecified atom stereocenters. The Kier molecular flexibility index (Phi) is 5.50. The molecular formula is C23H27F2N3O3. The summed E-state index contributed by atoms with van der Waals surface area (Å²) in [6.45, 7) is 3.27. The molecular weight excluding hydrogens is 404 g/mol. The van der Waals surface area contributed by atoms with Crippen molar-refractivity contribution in [2.75, 3.05) is 0 Å². The summed E-state index contributed by atoms with van der Waals surface area (Å²) in [5, 5.41) is 21.7. The van der Waals surface area contributed by atoms with E-state index >= 15 is 0 Å². The molecule has 0 saturated heterocycles. The fraction of sp³-hybridized carbons (Fsp3) is 0.609. The van der Waals surface area contributed by atoms with Gasteiger partial charge in [0.05, 0.1) is 18.1 Å². The van der Waals surface area contributed by atoms with Crippen molar-refractivity contribution in [2.45, 2.75) is 64.2 Å². The molecule has 4 saturated carbocycles. The SMILES string of the molecule is CC(C)(OCc1cccc(F)c1F)C(=NC1C2CC3CC1CC(C(=O)O)(C3)C2)NC#N. The van der Waals surface area contributed by atoms with E-state index in [-0.39, 0.29) is 30.0 Å². The summed E-state index contributed by atoms with van der Waals surface area (Å²) in [6.07, 6.45) is 5.78. The highest BCUT2D eigenvalue weighted by Gasteiger charge is 2.59. The molecule has 2 atom stereocenters. The zero-order chi connectivity index (χ0) is 22.4. The third-order valence-electron chi connectivity index (χ3n) is 7.32. The molecule has 4 aliphatic rings. The Hall–Kier alpha value is -2.53. The number of nitrogens with zero attached hydrogens (tertiary/aromatic N) is 2. The van der Waals surface area contributed by atoms with Gasteiger partial charge in [0.15, 0.2) is 17.8 Å². The van der Waals surface area contributed by atoms with Gasteiger partial charge in [0.2, 0.25) is 0 Å². The number of ether oxygens (including phenoxy) is 1. The van der Waals surface area contributed by atoms with E-state index in [4.69, 9.17) is 9.73 Å². The topological polar surface area (TPSA) is 94.7 Å². The number of hydrogen-bond donors (Lipinski definition) is 2. The van der Waals surface area contributed by atoms with Gasteiger partial charge in [-0.2, -0.15) is 5.26 Å². The molecule has 5 rings (SSSR count). The number of nitrogens with one attached hydrogen (secondary N) is 1. The van der Waals surface area contributed by atoms with Gasteiger partial charge in [-0.15, -0.1) is 0 Å². The number of carboxylic acids is 1. The number of halogens is 2. The van der Waals surface area contributed by atoms with E-state index in [0.29, 0.717) is 24.6 Å². The van der Waals surface area contributed by atoms with Crippen LogP contribution in [0.4, 0.5) is 8.78 Å². The van der Waals surface area contributed by atoms with Crippen molar-refractivity contribution in [3.63, 3.8) is 0 Å². The first-order valence-corrected chi connectivity index (χ1v) is 10.7. The smallest absolute Gasteiger partial charge is 0.309 e. The number of aliphatic imine (C=N–C) groups is 1. The average Bonchev–Trinajstić information content (AvgIpc) is 2.70. The van der Waals surface area contributed by atoms with Gasteiger partial charge in [-0.1, -0.05) is 12.1 Å².